The zero-order valence-corrected chi connectivity index (χ0v) is 19.7. The summed E-state index contributed by atoms with van der Waals surface area (Å²) in [5.74, 6) is 1.34. The first-order chi connectivity index (χ1) is 15.9. The summed E-state index contributed by atoms with van der Waals surface area (Å²) in [6, 6.07) is 15.5. The van der Waals surface area contributed by atoms with Gasteiger partial charge in [0, 0.05) is 11.1 Å². The molecule has 1 N–H and O–H groups in total. The minimum absolute atomic E-state index is 0.292. The quantitative estimate of drug-likeness (QED) is 0.323. The first-order valence-corrected chi connectivity index (χ1v) is 10.5. The number of halogens is 2. The number of carbonyl (C=O) groups excluding carboxylic acids is 1. The van der Waals surface area contributed by atoms with E-state index >= 15 is 0 Å². The number of hydrazone groups is 1. The molecule has 0 aliphatic carbocycles. The fraction of sp³-hybridized carbons (Fsp3) is 0.167. The van der Waals surface area contributed by atoms with E-state index in [4.69, 9.17) is 42.1 Å². The molecular weight excluding hydrogens is 467 g/mol. The summed E-state index contributed by atoms with van der Waals surface area (Å²) in [5.41, 5.74) is 4.32. The van der Waals surface area contributed by atoms with E-state index in [0.29, 0.717) is 50.8 Å². The van der Waals surface area contributed by atoms with E-state index in [1.54, 1.807) is 42.5 Å². The zero-order chi connectivity index (χ0) is 23.8. The van der Waals surface area contributed by atoms with Crippen molar-refractivity contribution in [2.45, 2.75) is 6.61 Å². The molecule has 33 heavy (non-hydrogen) atoms. The van der Waals surface area contributed by atoms with Crippen LogP contribution in [0.25, 0.3) is 0 Å². The lowest BCUT2D eigenvalue weighted by molar-refractivity contribution is 0.0952. The van der Waals surface area contributed by atoms with Gasteiger partial charge in [-0.05, 0) is 47.5 Å². The molecule has 0 atom stereocenters. The number of nitrogens with one attached hydrogen (secondary N) is 1. The molecule has 0 bridgehead atoms. The van der Waals surface area contributed by atoms with Crippen molar-refractivity contribution in [3.63, 3.8) is 0 Å². The Balaban J connectivity index is 1.70. The number of nitrogens with zero attached hydrogens (tertiary/aromatic N) is 1. The number of hydrogen-bond donors (Lipinski definition) is 1. The second kappa shape index (κ2) is 11.4. The van der Waals surface area contributed by atoms with Crippen molar-refractivity contribution >= 4 is 35.3 Å². The molecule has 0 aliphatic rings. The highest BCUT2D eigenvalue weighted by Gasteiger charge is 2.14. The van der Waals surface area contributed by atoms with Gasteiger partial charge < -0.3 is 18.9 Å². The van der Waals surface area contributed by atoms with E-state index in [2.05, 4.69) is 10.5 Å². The summed E-state index contributed by atoms with van der Waals surface area (Å²) < 4.78 is 21.6. The lowest BCUT2D eigenvalue weighted by Gasteiger charge is -2.13. The largest absolute Gasteiger partial charge is 0.497 e. The first kappa shape index (κ1) is 24.2. The Kier molecular flexibility index (Phi) is 8.40. The van der Waals surface area contributed by atoms with Gasteiger partial charge in [-0.2, -0.15) is 5.10 Å². The van der Waals surface area contributed by atoms with Crippen LogP contribution in [-0.2, 0) is 6.61 Å². The lowest BCUT2D eigenvalue weighted by atomic mass is 10.2. The Hall–Kier alpha value is -3.42. The maximum Gasteiger partial charge on any atom is 0.275 e. The zero-order valence-electron chi connectivity index (χ0n) is 18.2. The Morgan fingerprint density at radius 3 is 2.33 bits per heavy atom. The van der Waals surface area contributed by atoms with Crippen molar-refractivity contribution in [3.8, 4) is 23.0 Å². The molecule has 0 unspecified atom stereocenters. The second-order valence-electron chi connectivity index (χ2n) is 6.71. The third-order valence-corrected chi connectivity index (χ3v) is 5.11. The van der Waals surface area contributed by atoms with E-state index in [0.717, 1.165) is 5.56 Å². The second-order valence-corrected chi connectivity index (χ2v) is 7.56. The van der Waals surface area contributed by atoms with Crippen molar-refractivity contribution in [2.24, 2.45) is 5.10 Å². The Morgan fingerprint density at radius 2 is 1.67 bits per heavy atom. The van der Waals surface area contributed by atoms with Gasteiger partial charge in [-0.1, -0.05) is 35.3 Å². The van der Waals surface area contributed by atoms with Crippen LogP contribution in [0, 0.1) is 0 Å². The number of ether oxygens (including phenoxy) is 4. The molecule has 3 rings (SSSR count). The third kappa shape index (κ3) is 6.31. The van der Waals surface area contributed by atoms with Gasteiger partial charge in [0.15, 0.2) is 11.5 Å². The van der Waals surface area contributed by atoms with Crippen LogP contribution in [0.3, 0.4) is 0 Å². The van der Waals surface area contributed by atoms with Crippen LogP contribution < -0.4 is 24.4 Å². The van der Waals surface area contributed by atoms with Crippen LogP contribution in [-0.4, -0.2) is 33.5 Å². The van der Waals surface area contributed by atoms with Crippen LogP contribution in [0.15, 0.2) is 59.7 Å². The monoisotopic (exact) mass is 488 g/mol. The van der Waals surface area contributed by atoms with Gasteiger partial charge in [0.2, 0.25) is 0 Å². The molecule has 3 aromatic rings. The Morgan fingerprint density at radius 1 is 0.939 bits per heavy atom. The number of carbonyl (C=O) groups is 1. The van der Waals surface area contributed by atoms with Gasteiger partial charge in [-0.15, -0.1) is 0 Å². The predicted molar refractivity (Wildman–Crippen MR) is 128 cm³/mol. The number of rotatable bonds is 9. The van der Waals surface area contributed by atoms with Gasteiger partial charge in [-0.3, -0.25) is 4.79 Å². The summed E-state index contributed by atoms with van der Waals surface area (Å²) in [6.07, 6.45) is 1.45. The molecule has 0 saturated carbocycles. The van der Waals surface area contributed by atoms with E-state index in [1.165, 1.54) is 27.5 Å². The minimum Gasteiger partial charge on any atom is -0.497 e. The molecule has 1 amide bonds. The smallest absolute Gasteiger partial charge is 0.275 e. The first-order valence-electron chi connectivity index (χ1n) is 9.75. The van der Waals surface area contributed by atoms with Gasteiger partial charge >= 0.3 is 0 Å². The summed E-state index contributed by atoms with van der Waals surface area (Å²) in [6.45, 7) is 0.292. The molecule has 9 heteroatoms. The molecule has 0 radical (unpaired) electrons. The standard InChI is InChI=1S/C24H22Cl2N2O5/c1-30-18-8-9-19(21(12-18)31-2)24(29)28-27-13-16-10-20(26)23(22(11-16)32-3)33-14-15-4-6-17(25)7-5-15/h4-13H,14H2,1-3H3,(H,28,29). The summed E-state index contributed by atoms with van der Waals surface area (Å²) in [7, 11) is 4.52. The normalized spacial score (nSPS) is 10.7. The maximum absolute atomic E-state index is 12.5. The number of amides is 1. The highest BCUT2D eigenvalue weighted by atomic mass is 35.5. The molecule has 3 aromatic carbocycles. The number of methoxy groups -OCH3 is 3. The van der Waals surface area contributed by atoms with Crippen LogP contribution in [0.2, 0.25) is 10.0 Å². The number of benzene rings is 3. The molecule has 0 saturated heterocycles. The maximum atomic E-state index is 12.5. The third-order valence-electron chi connectivity index (χ3n) is 4.58. The molecule has 0 heterocycles. The molecule has 172 valence electrons. The van der Waals surface area contributed by atoms with Gasteiger partial charge in [-0.25, -0.2) is 5.43 Å². The van der Waals surface area contributed by atoms with Crippen molar-refractivity contribution in [1.29, 1.82) is 0 Å². The fourth-order valence-electron chi connectivity index (χ4n) is 2.90. The van der Waals surface area contributed by atoms with Crippen LogP contribution in [0.5, 0.6) is 23.0 Å². The van der Waals surface area contributed by atoms with E-state index in [1.807, 2.05) is 12.1 Å². The average Bonchev–Trinajstić information content (AvgIpc) is 2.83. The number of hydrogen-bond acceptors (Lipinski definition) is 6. The molecule has 0 spiro atoms. The average molecular weight is 489 g/mol. The van der Waals surface area contributed by atoms with Crippen molar-refractivity contribution in [3.05, 3.63) is 81.3 Å². The molecule has 0 fully saturated rings. The van der Waals surface area contributed by atoms with Crippen LogP contribution in [0.1, 0.15) is 21.5 Å². The van der Waals surface area contributed by atoms with Crippen molar-refractivity contribution in [2.75, 3.05) is 21.3 Å². The van der Waals surface area contributed by atoms with Crippen LogP contribution >= 0.6 is 23.2 Å². The predicted octanol–water partition coefficient (Wildman–Crippen LogP) is 5.36. The van der Waals surface area contributed by atoms with Crippen molar-refractivity contribution < 1.29 is 23.7 Å². The van der Waals surface area contributed by atoms with E-state index in [9.17, 15) is 4.79 Å². The highest BCUT2D eigenvalue weighted by molar-refractivity contribution is 6.32. The highest BCUT2D eigenvalue weighted by Crippen LogP contribution is 2.36. The molecule has 0 aromatic heterocycles. The Labute approximate surface area is 201 Å². The lowest BCUT2D eigenvalue weighted by Crippen LogP contribution is -2.18. The van der Waals surface area contributed by atoms with E-state index in [-0.39, 0.29) is 0 Å². The van der Waals surface area contributed by atoms with Crippen molar-refractivity contribution in [1.82, 2.24) is 5.43 Å². The topological polar surface area (TPSA) is 78.4 Å². The Bertz CT molecular complexity index is 1150. The fourth-order valence-corrected chi connectivity index (χ4v) is 3.30. The van der Waals surface area contributed by atoms with Gasteiger partial charge in [0.1, 0.15) is 18.1 Å². The van der Waals surface area contributed by atoms with Crippen LogP contribution in [0.4, 0.5) is 0 Å². The molecule has 0 aliphatic heterocycles. The minimum atomic E-state index is -0.438. The summed E-state index contributed by atoms with van der Waals surface area (Å²) in [4.78, 5) is 12.5. The van der Waals surface area contributed by atoms with E-state index < -0.39 is 5.91 Å². The summed E-state index contributed by atoms with van der Waals surface area (Å²) >= 11 is 12.3. The van der Waals surface area contributed by atoms with Gasteiger partial charge in [0.05, 0.1) is 38.1 Å². The molecular formula is C24H22Cl2N2O5. The summed E-state index contributed by atoms with van der Waals surface area (Å²) in [5, 5.41) is 4.99. The molecule has 7 nitrogen and oxygen atoms in total. The van der Waals surface area contributed by atoms with Gasteiger partial charge in [0.25, 0.3) is 5.91 Å². The SMILES string of the molecule is COc1ccc(C(=O)NN=Cc2cc(Cl)c(OCc3ccc(Cl)cc3)c(OC)c2)c(OC)c1.